The molecule has 0 aliphatic carbocycles. The molecule has 0 heterocycles. The van der Waals surface area contributed by atoms with E-state index in [4.69, 9.17) is 5.11 Å². The average Bonchev–Trinajstić information content (AvgIpc) is 2.12. The van der Waals surface area contributed by atoms with Gasteiger partial charge in [-0.2, -0.15) is 4.89 Å². The fraction of sp³-hybridized carbons (Fsp3) is 0.556. The second-order valence-corrected chi connectivity index (χ2v) is 2.65. The fourth-order valence-electron chi connectivity index (χ4n) is 0.879. The van der Waals surface area contributed by atoms with Crippen LogP contribution >= 0.6 is 0 Å². The Labute approximate surface area is 82.2 Å². The van der Waals surface area contributed by atoms with E-state index in [9.17, 15) is 9.59 Å². The molecule has 0 aromatic heterocycles. The predicted octanol–water partition coefficient (Wildman–Crippen LogP) is 1.29. The zero-order valence-corrected chi connectivity index (χ0v) is 8.28. The van der Waals surface area contributed by atoms with Crippen LogP contribution in [0.3, 0.4) is 0 Å². The highest BCUT2D eigenvalue weighted by Gasteiger charge is 2.12. The van der Waals surface area contributed by atoms with Crippen molar-refractivity contribution in [3.63, 3.8) is 0 Å². The third-order valence-corrected chi connectivity index (χ3v) is 1.52. The third-order valence-electron chi connectivity index (χ3n) is 1.52. The summed E-state index contributed by atoms with van der Waals surface area (Å²) >= 11 is 0. The largest absolute Gasteiger partial charge is 0.478 e. The van der Waals surface area contributed by atoms with E-state index in [1.807, 2.05) is 6.92 Å². The van der Waals surface area contributed by atoms with Crippen LogP contribution in [0.25, 0.3) is 0 Å². The van der Waals surface area contributed by atoms with Crippen molar-refractivity contribution in [1.82, 2.24) is 0 Å². The molecule has 5 heteroatoms. The Morgan fingerprint density at radius 1 is 1.43 bits per heavy atom. The Balaban J connectivity index is 4.38. The topological polar surface area (TPSA) is 72.8 Å². The molecular formula is C9H14O5. The van der Waals surface area contributed by atoms with Gasteiger partial charge in [-0.15, -0.1) is 0 Å². The van der Waals surface area contributed by atoms with Crippen molar-refractivity contribution in [1.29, 1.82) is 0 Å². The van der Waals surface area contributed by atoms with Gasteiger partial charge in [-0.25, -0.2) is 9.59 Å². The predicted molar refractivity (Wildman–Crippen MR) is 48.3 cm³/mol. The van der Waals surface area contributed by atoms with Crippen molar-refractivity contribution in [2.45, 2.75) is 26.2 Å². The normalized spacial score (nSPS) is 11.1. The molecule has 0 rings (SSSR count). The molecule has 0 aliphatic heterocycles. The minimum absolute atomic E-state index is 0.112. The number of carbonyl (C=O) groups excluding carboxylic acids is 1. The first kappa shape index (κ1) is 12.6. The number of unbranched alkanes of at least 4 members (excludes halogenated alkanes) is 1. The van der Waals surface area contributed by atoms with Crippen LogP contribution in [0.2, 0.25) is 0 Å². The van der Waals surface area contributed by atoms with Gasteiger partial charge in [-0.3, -0.25) is 4.89 Å². The van der Waals surface area contributed by atoms with E-state index in [0.29, 0.717) is 6.42 Å². The maximum absolute atomic E-state index is 11.1. The van der Waals surface area contributed by atoms with Crippen LogP contribution in [0.5, 0.6) is 0 Å². The summed E-state index contributed by atoms with van der Waals surface area (Å²) in [6, 6.07) is 0. The minimum atomic E-state index is -1.16. The summed E-state index contributed by atoms with van der Waals surface area (Å²) in [7, 11) is 1.19. The van der Waals surface area contributed by atoms with E-state index >= 15 is 0 Å². The SMILES string of the molecule is CCCC/C(=C/C(=O)O)C(=O)OOC. The molecule has 80 valence electrons. The summed E-state index contributed by atoms with van der Waals surface area (Å²) in [5.41, 5.74) is 0.112. The first-order valence-corrected chi connectivity index (χ1v) is 4.30. The van der Waals surface area contributed by atoms with Gasteiger partial charge in [-0.05, 0) is 12.8 Å². The number of aliphatic carboxylic acids is 1. The number of carboxylic acid groups (broad SMARTS) is 1. The standard InChI is InChI=1S/C9H14O5/c1-3-4-5-7(6-8(10)11)9(12)14-13-2/h6H,3-5H2,1-2H3,(H,10,11)/b7-6-. The first-order chi connectivity index (χ1) is 6.61. The molecule has 5 nitrogen and oxygen atoms in total. The van der Waals surface area contributed by atoms with E-state index in [-0.39, 0.29) is 5.57 Å². The van der Waals surface area contributed by atoms with Crippen molar-refractivity contribution in [3.8, 4) is 0 Å². The van der Waals surface area contributed by atoms with Gasteiger partial charge in [0.25, 0.3) is 0 Å². The Bertz CT molecular complexity index is 231. The lowest BCUT2D eigenvalue weighted by Crippen LogP contribution is -2.09. The van der Waals surface area contributed by atoms with Crippen molar-refractivity contribution >= 4 is 11.9 Å². The number of rotatable bonds is 6. The molecule has 0 aromatic carbocycles. The van der Waals surface area contributed by atoms with Crippen molar-refractivity contribution < 1.29 is 24.5 Å². The van der Waals surface area contributed by atoms with Gasteiger partial charge < -0.3 is 5.11 Å². The van der Waals surface area contributed by atoms with E-state index in [0.717, 1.165) is 18.9 Å². The average molecular weight is 202 g/mol. The molecule has 0 aromatic rings. The minimum Gasteiger partial charge on any atom is -0.478 e. The molecule has 0 amide bonds. The fourth-order valence-corrected chi connectivity index (χ4v) is 0.879. The Kier molecular flexibility index (Phi) is 6.39. The summed E-state index contributed by atoms with van der Waals surface area (Å²) in [4.78, 5) is 29.9. The highest BCUT2D eigenvalue weighted by atomic mass is 17.2. The van der Waals surface area contributed by atoms with Crippen LogP contribution in [-0.4, -0.2) is 24.2 Å². The van der Waals surface area contributed by atoms with Gasteiger partial charge in [0, 0.05) is 11.6 Å². The van der Waals surface area contributed by atoms with E-state index in [1.54, 1.807) is 0 Å². The van der Waals surface area contributed by atoms with Gasteiger partial charge in [0.1, 0.15) is 0 Å². The van der Waals surface area contributed by atoms with Crippen LogP contribution in [0, 0.1) is 0 Å². The summed E-state index contributed by atoms with van der Waals surface area (Å²) in [6.45, 7) is 1.94. The molecule has 0 atom stereocenters. The smallest absolute Gasteiger partial charge is 0.369 e. The van der Waals surface area contributed by atoms with Crippen LogP contribution in [0.15, 0.2) is 11.6 Å². The van der Waals surface area contributed by atoms with Crippen LogP contribution < -0.4 is 0 Å². The molecule has 0 unspecified atom stereocenters. The molecular weight excluding hydrogens is 188 g/mol. The van der Waals surface area contributed by atoms with Gasteiger partial charge in [0.05, 0.1) is 7.11 Å². The molecule has 0 radical (unpaired) electrons. The van der Waals surface area contributed by atoms with Crippen molar-refractivity contribution in [2.24, 2.45) is 0 Å². The lowest BCUT2D eigenvalue weighted by atomic mass is 10.1. The van der Waals surface area contributed by atoms with Crippen LogP contribution in [0.4, 0.5) is 0 Å². The molecule has 0 bridgehead atoms. The summed E-state index contributed by atoms with van der Waals surface area (Å²) in [6.07, 6.45) is 2.83. The number of hydrogen-bond acceptors (Lipinski definition) is 4. The van der Waals surface area contributed by atoms with Gasteiger partial charge in [-0.1, -0.05) is 13.3 Å². The molecule has 0 fully saturated rings. The lowest BCUT2D eigenvalue weighted by Gasteiger charge is -2.03. The van der Waals surface area contributed by atoms with Crippen LogP contribution in [-0.2, 0) is 19.4 Å². The molecule has 0 saturated heterocycles. The summed E-state index contributed by atoms with van der Waals surface area (Å²) in [5, 5.41) is 8.48. The highest BCUT2D eigenvalue weighted by Crippen LogP contribution is 2.09. The molecule has 14 heavy (non-hydrogen) atoms. The number of hydrogen-bond donors (Lipinski definition) is 1. The Morgan fingerprint density at radius 3 is 2.50 bits per heavy atom. The Morgan fingerprint density at radius 2 is 2.07 bits per heavy atom. The number of carboxylic acids is 1. The van der Waals surface area contributed by atoms with Gasteiger partial charge >= 0.3 is 11.9 Å². The first-order valence-electron chi connectivity index (χ1n) is 4.30. The summed E-state index contributed by atoms with van der Waals surface area (Å²) in [5.74, 6) is -1.91. The molecule has 0 spiro atoms. The van der Waals surface area contributed by atoms with E-state index < -0.39 is 11.9 Å². The van der Waals surface area contributed by atoms with Gasteiger partial charge in [0.15, 0.2) is 0 Å². The molecule has 0 saturated carbocycles. The van der Waals surface area contributed by atoms with E-state index in [1.165, 1.54) is 7.11 Å². The Hall–Kier alpha value is -1.36. The van der Waals surface area contributed by atoms with Crippen molar-refractivity contribution in [2.75, 3.05) is 7.11 Å². The quantitative estimate of drug-likeness (QED) is 0.399. The molecule has 1 N–H and O–H groups in total. The maximum atomic E-state index is 11.1. The second kappa shape index (κ2) is 7.08. The van der Waals surface area contributed by atoms with E-state index in [2.05, 4.69) is 9.78 Å². The maximum Gasteiger partial charge on any atom is 0.369 e. The van der Waals surface area contributed by atoms with Gasteiger partial charge in [0.2, 0.25) is 0 Å². The zero-order valence-electron chi connectivity index (χ0n) is 8.28. The number of carbonyl (C=O) groups is 2. The van der Waals surface area contributed by atoms with Crippen LogP contribution in [0.1, 0.15) is 26.2 Å². The molecule has 0 aliphatic rings. The zero-order chi connectivity index (χ0) is 11.0. The van der Waals surface area contributed by atoms with Crippen molar-refractivity contribution in [3.05, 3.63) is 11.6 Å². The third kappa shape index (κ3) is 5.31. The summed E-state index contributed by atoms with van der Waals surface area (Å²) < 4.78 is 0. The highest BCUT2D eigenvalue weighted by molar-refractivity contribution is 5.95. The second-order valence-electron chi connectivity index (χ2n) is 2.65. The monoisotopic (exact) mass is 202 g/mol. The lowest BCUT2D eigenvalue weighted by molar-refractivity contribution is -0.250.